The van der Waals surface area contributed by atoms with Crippen LogP contribution in [0.2, 0.25) is 0 Å². The molecular formula is C24H25N5O5. The maximum absolute atomic E-state index is 12.9. The fourth-order valence-electron chi connectivity index (χ4n) is 4.08. The van der Waals surface area contributed by atoms with E-state index in [9.17, 15) is 19.7 Å². The number of nitrogens with zero attached hydrogens (tertiary/aromatic N) is 4. The van der Waals surface area contributed by atoms with Gasteiger partial charge in [-0.15, -0.1) is 0 Å². The highest BCUT2D eigenvalue weighted by Gasteiger charge is 2.25. The summed E-state index contributed by atoms with van der Waals surface area (Å²) in [5.74, 6) is 0.211. The summed E-state index contributed by atoms with van der Waals surface area (Å²) in [5.41, 5.74) is 0.675. The molecule has 0 radical (unpaired) electrons. The number of nitro benzene ring substituents is 1. The van der Waals surface area contributed by atoms with Crippen LogP contribution in [0, 0.1) is 17.0 Å². The Balaban J connectivity index is 1.48. The molecule has 4 rings (SSSR count). The molecule has 0 saturated carbocycles. The monoisotopic (exact) mass is 463 g/mol. The van der Waals surface area contributed by atoms with Crippen molar-refractivity contribution < 1.29 is 14.5 Å². The number of nitrogens with one attached hydrogen (secondary N) is 1. The molecule has 2 aromatic carbocycles. The van der Waals surface area contributed by atoms with Gasteiger partial charge in [-0.3, -0.25) is 19.7 Å². The van der Waals surface area contributed by atoms with Crippen LogP contribution in [-0.4, -0.2) is 46.9 Å². The van der Waals surface area contributed by atoms with Crippen LogP contribution < -0.4 is 20.4 Å². The summed E-state index contributed by atoms with van der Waals surface area (Å²) >= 11 is 0. The lowest BCUT2D eigenvalue weighted by molar-refractivity contribution is -0.384. The number of anilines is 1. The predicted molar refractivity (Wildman–Crippen MR) is 127 cm³/mol. The molecule has 1 aliphatic heterocycles. The Labute approximate surface area is 195 Å². The zero-order chi connectivity index (χ0) is 24.2. The van der Waals surface area contributed by atoms with Gasteiger partial charge >= 0.3 is 0 Å². The largest absolute Gasteiger partial charge is 0.497 e. The van der Waals surface area contributed by atoms with Gasteiger partial charge in [0.15, 0.2) is 5.69 Å². The molecule has 2 heterocycles. The van der Waals surface area contributed by atoms with Crippen LogP contribution >= 0.6 is 0 Å². The van der Waals surface area contributed by atoms with Gasteiger partial charge in [0.2, 0.25) is 5.43 Å². The van der Waals surface area contributed by atoms with Gasteiger partial charge in [-0.25, -0.2) is 4.68 Å². The summed E-state index contributed by atoms with van der Waals surface area (Å²) in [6.07, 6.45) is 1.42. The third-order valence-electron chi connectivity index (χ3n) is 5.90. The van der Waals surface area contributed by atoms with Crippen LogP contribution in [-0.2, 0) is 0 Å². The molecule has 0 aliphatic carbocycles. The normalized spacial score (nSPS) is 14.0. The molecule has 10 heteroatoms. The topological polar surface area (TPSA) is 120 Å². The van der Waals surface area contributed by atoms with Crippen LogP contribution in [0.5, 0.6) is 5.75 Å². The number of benzene rings is 2. The maximum Gasteiger partial charge on any atom is 0.294 e. The van der Waals surface area contributed by atoms with Crippen molar-refractivity contribution in [3.63, 3.8) is 0 Å². The molecule has 0 spiro atoms. The number of piperidine rings is 1. The second kappa shape index (κ2) is 9.74. The van der Waals surface area contributed by atoms with E-state index in [1.807, 2.05) is 24.3 Å². The third-order valence-corrected chi connectivity index (χ3v) is 5.90. The fourth-order valence-corrected chi connectivity index (χ4v) is 4.08. The van der Waals surface area contributed by atoms with E-state index in [4.69, 9.17) is 4.74 Å². The molecule has 1 fully saturated rings. The van der Waals surface area contributed by atoms with Crippen molar-refractivity contribution in [2.75, 3.05) is 25.1 Å². The number of amides is 1. The molecule has 3 aromatic rings. The van der Waals surface area contributed by atoms with Gasteiger partial charge in [0, 0.05) is 42.6 Å². The van der Waals surface area contributed by atoms with Crippen LogP contribution in [0.1, 0.15) is 29.0 Å². The summed E-state index contributed by atoms with van der Waals surface area (Å²) < 4.78 is 6.46. The molecule has 0 atom stereocenters. The lowest BCUT2D eigenvalue weighted by Crippen LogP contribution is -2.46. The van der Waals surface area contributed by atoms with Crippen molar-refractivity contribution in [1.82, 2.24) is 15.1 Å². The number of carbonyl (C=O) groups excluding carboxylic acids is 1. The van der Waals surface area contributed by atoms with Crippen LogP contribution in [0.4, 0.5) is 11.4 Å². The number of aromatic nitrogens is 2. The van der Waals surface area contributed by atoms with Crippen molar-refractivity contribution in [3.05, 3.63) is 86.3 Å². The van der Waals surface area contributed by atoms with Crippen LogP contribution in [0.15, 0.2) is 59.4 Å². The average molecular weight is 463 g/mol. The summed E-state index contributed by atoms with van der Waals surface area (Å²) in [5, 5.41) is 18.5. The van der Waals surface area contributed by atoms with E-state index in [1.165, 1.54) is 22.9 Å². The predicted octanol–water partition coefficient (Wildman–Crippen LogP) is 2.86. The fraction of sp³-hybridized carbons (Fsp3) is 0.292. The minimum absolute atomic E-state index is 0.107. The van der Waals surface area contributed by atoms with Crippen molar-refractivity contribution in [3.8, 4) is 11.4 Å². The standard InChI is InChI=1S/C24H25N5O5/c1-16-15-22(30)23(26-28(16)20-5-3-4-6-21(20)29(32)33)24(31)25-17-11-13-27(14-12-17)18-7-9-19(34-2)10-8-18/h3-10,15,17H,11-14H2,1-2H3,(H,25,31). The maximum atomic E-state index is 12.9. The average Bonchev–Trinajstić information content (AvgIpc) is 2.84. The van der Waals surface area contributed by atoms with E-state index in [0.29, 0.717) is 18.5 Å². The van der Waals surface area contributed by atoms with Crippen molar-refractivity contribution in [2.24, 2.45) is 0 Å². The highest BCUT2D eigenvalue weighted by Crippen LogP contribution is 2.24. The Bertz CT molecular complexity index is 1260. The van der Waals surface area contributed by atoms with Crippen molar-refractivity contribution in [1.29, 1.82) is 0 Å². The second-order valence-electron chi connectivity index (χ2n) is 8.09. The Kier molecular flexibility index (Phi) is 6.58. The summed E-state index contributed by atoms with van der Waals surface area (Å²) in [4.78, 5) is 38.6. The lowest BCUT2D eigenvalue weighted by Gasteiger charge is -2.34. The molecule has 1 aromatic heterocycles. The zero-order valence-electron chi connectivity index (χ0n) is 18.9. The molecule has 34 heavy (non-hydrogen) atoms. The molecule has 0 bridgehead atoms. The van der Waals surface area contributed by atoms with Gasteiger partial charge in [0.05, 0.1) is 12.0 Å². The third kappa shape index (κ3) is 4.75. The Hall–Kier alpha value is -4.21. The highest BCUT2D eigenvalue weighted by atomic mass is 16.6. The SMILES string of the molecule is COc1ccc(N2CCC(NC(=O)c3nn(-c4ccccc4[N+](=O)[O-])c(C)cc3=O)CC2)cc1. The van der Waals surface area contributed by atoms with E-state index in [-0.39, 0.29) is 23.1 Å². The second-order valence-corrected chi connectivity index (χ2v) is 8.09. The summed E-state index contributed by atoms with van der Waals surface area (Å²) in [6.45, 7) is 3.11. The van der Waals surface area contributed by atoms with Gasteiger partial charge in [0.25, 0.3) is 11.6 Å². The quantitative estimate of drug-likeness (QED) is 0.441. The van der Waals surface area contributed by atoms with Crippen molar-refractivity contribution in [2.45, 2.75) is 25.8 Å². The Morgan fingerprint density at radius 2 is 1.82 bits per heavy atom. The first-order valence-corrected chi connectivity index (χ1v) is 10.9. The highest BCUT2D eigenvalue weighted by molar-refractivity contribution is 5.92. The molecule has 0 unspecified atom stereocenters. The smallest absolute Gasteiger partial charge is 0.294 e. The lowest BCUT2D eigenvalue weighted by atomic mass is 10.0. The Morgan fingerprint density at radius 3 is 2.47 bits per heavy atom. The molecule has 1 saturated heterocycles. The van der Waals surface area contributed by atoms with E-state index in [1.54, 1.807) is 26.2 Å². The molecule has 1 aliphatic rings. The van der Waals surface area contributed by atoms with E-state index in [2.05, 4.69) is 15.3 Å². The first-order valence-electron chi connectivity index (χ1n) is 10.9. The number of ether oxygens (including phenoxy) is 1. The minimum atomic E-state index is -0.583. The molecule has 1 N–H and O–H groups in total. The van der Waals surface area contributed by atoms with Gasteiger partial charge < -0.3 is 15.0 Å². The minimum Gasteiger partial charge on any atom is -0.497 e. The van der Waals surface area contributed by atoms with E-state index < -0.39 is 16.3 Å². The van der Waals surface area contributed by atoms with Gasteiger partial charge in [-0.1, -0.05) is 12.1 Å². The van der Waals surface area contributed by atoms with Gasteiger partial charge in [0.1, 0.15) is 11.4 Å². The van der Waals surface area contributed by atoms with Crippen molar-refractivity contribution >= 4 is 17.3 Å². The first-order chi connectivity index (χ1) is 16.4. The van der Waals surface area contributed by atoms with E-state index >= 15 is 0 Å². The number of para-hydroxylation sites is 2. The van der Waals surface area contributed by atoms with E-state index in [0.717, 1.165) is 24.5 Å². The van der Waals surface area contributed by atoms with Crippen LogP contribution in [0.25, 0.3) is 5.69 Å². The zero-order valence-corrected chi connectivity index (χ0v) is 18.9. The number of carbonyl (C=O) groups is 1. The number of nitro groups is 1. The number of methoxy groups -OCH3 is 1. The van der Waals surface area contributed by atoms with Gasteiger partial charge in [-0.2, -0.15) is 5.10 Å². The molecule has 10 nitrogen and oxygen atoms in total. The molecule has 1 amide bonds. The number of aryl methyl sites for hydroxylation is 1. The first kappa shape index (κ1) is 23.0. The van der Waals surface area contributed by atoms with Gasteiger partial charge in [-0.05, 0) is 50.1 Å². The molecule has 176 valence electrons. The number of hydrogen-bond donors (Lipinski definition) is 1. The summed E-state index contributed by atoms with van der Waals surface area (Å²) in [6, 6.07) is 15.0. The molecular weight excluding hydrogens is 438 g/mol. The van der Waals surface area contributed by atoms with Crippen LogP contribution in [0.3, 0.4) is 0 Å². The summed E-state index contributed by atoms with van der Waals surface area (Å²) in [7, 11) is 1.63. The Morgan fingerprint density at radius 1 is 1.15 bits per heavy atom. The number of hydrogen-bond acceptors (Lipinski definition) is 7. The number of rotatable bonds is 6.